The van der Waals surface area contributed by atoms with E-state index < -0.39 is 0 Å². The number of benzene rings is 1. The van der Waals surface area contributed by atoms with E-state index in [9.17, 15) is 0 Å². The smallest absolute Gasteiger partial charge is 0.0236 e. The second-order valence-corrected chi connectivity index (χ2v) is 6.55. The highest BCUT2D eigenvalue weighted by atomic mass is 15.2. The fourth-order valence-electron chi connectivity index (χ4n) is 3.51. The first-order valence-electron chi connectivity index (χ1n) is 8.77. The van der Waals surface area contributed by atoms with Crippen molar-refractivity contribution in [3.63, 3.8) is 0 Å². The Morgan fingerprint density at radius 2 is 2.00 bits per heavy atom. The second kappa shape index (κ2) is 8.55. The summed E-state index contributed by atoms with van der Waals surface area (Å²) in [6.45, 7) is 9.37. The minimum Gasteiger partial charge on any atom is -0.311 e. The quantitative estimate of drug-likeness (QED) is 0.819. The zero-order valence-electron chi connectivity index (χ0n) is 14.0. The summed E-state index contributed by atoms with van der Waals surface area (Å²) < 4.78 is 0. The van der Waals surface area contributed by atoms with E-state index in [1.54, 1.807) is 0 Å². The van der Waals surface area contributed by atoms with Crippen molar-refractivity contribution in [2.24, 2.45) is 0 Å². The van der Waals surface area contributed by atoms with Gasteiger partial charge < -0.3 is 5.32 Å². The molecule has 3 atom stereocenters. The molecular formula is C19H32N2. The third-order valence-corrected chi connectivity index (χ3v) is 4.88. The van der Waals surface area contributed by atoms with Crippen molar-refractivity contribution in [1.29, 1.82) is 0 Å². The van der Waals surface area contributed by atoms with Crippen molar-refractivity contribution >= 4 is 0 Å². The topological polar surface area (TPSA) is 15.3 Å². The first kappa shape index (κ1) is 16.5. The molecule has 2 heteroatoms. The molecule has 1 aliphatic heterocycles. The first-order valence-corrected chi connectivity index (χ1v) is 8.77. The molecule has 0 bridgehead atoms. The van der Waals surface area contributed by atoms with Crippen LogP contribution in [0.15, 0.2) is 30.3 Å². The monoisotopic (exact) mass is 288 g/mol. The Balaban J connectivity index is 1.94. The van der Waals surface area contributed by atoms with Gasteiger partial charge in [-0.3, -0.25) is 4.90 Å². The minimum atomic E-state index is 0.597. The molecule has 1 fully saturated rings. The number of nitrogens with one attached hydrogen (secondary N) is 1. The number of nitrogens with zero attached hydrogens (tertiary/aromatic N) is 1. The molecule has 21 heavy (non-hydrogen) atoms. The van der Waals surface area contributed by atoms with E-state index in [-0.39, 0.29) is 0 Å². The molecule has 0 radical (unpaired) electrons. The van der Waals surface area contributed by atoms with Crippen LogP contribution in [0.5, 0.6) is 0 Å². The van der Waals surface area contributed by atoms with Crippen molar-refractivity contribution in [2.45, 2.75) is 71.0 Å². The lowest BCUT2D eigenvalue weighted by Gasteiger charge is -2.43. The van der Waals surface area contributed by atoms with E-state index >= 15 is 0 Å². The Morgan fingerprint density at radius 3 is 2.67 bits per heavy atom. The fraction of sp³-hybridized carbons (Fsp3) is 0.684. The predicted octanol–water partition coefficient (Wildman–Crippen LogP) is 3.86. The van der Waals surface area contributed by atoms with Crippen LogP contribution in [0.2, 0.25) is 0 Å². The maximum atomic E-state index is 3.77. The molecule has 118 valence electrons. The van der Waals surface area contributed by atoms with Gasteiger partial charge in [0.15, 0.2) is 0 Å². The average molecular weight is 288 g/mol. The van der Waals surface area contributed by atoms with E-state index in [4.69, 9.17) is 0 Å². The SMILES string of the molecule is CCCCC(C)N1CC(Cc2ccccc2)NCC1CC. The van der Waals surface area contributed by atoms with Crippen LogP contribution in [0.4, 0.5) is 0 Å². The lowest BCUT2D eigenvalue weighted by atomic mass is 9.97. The van der Waals surface area contributed by atoms with Crippen LogP contribution in [0.1, 0.15) is 52.0 Å². The van der Waals surface area contributed by atoms with Crippen LogP contribution >= 0.6 is 0 Å². The molecule has 1 heterocycles. The Morgan fingerprint density at radius 1 is 1.24 bits per heavy atom. The molecule has 0 aromatic heterocycles. The van der Waals surface area contributed by atoms with Crippen LogP contribution in [0, 0.1) is 0 Å². The Labute approximate surface area is 130 Å². The molecular weight excluding hydrogens is 256 g/mol. The number of piperazine rings is 1. The van der Waals surface area contributed by atoms with Gasteiger partial charge in [0.2, 0.25) is 0 Å². The molecule has 0 amide bonds. The number of hydrogen-bond acceptors (Lipinski definition) is 2. The predicted molar refractivity (Wildman–Crippen MR) is 91.7 cm³/mol. The second-order valence-electron chi connectivity index (χ2n) is 6.55. The summed E-state index contributed by atoms with van der Waals surface area (Å²) in [6.07, 6.45) is 6.40. The normalized spacial score (nSPS) is 24.9. The van der Waals surface area contributed by atoms with Gasteiger partial charge in [0, 0.05) is 31.2 Å². The molecule has 2 nitrogen and oxygen atoms in total. The zero-order chi connectivity index (χ0) is 15.1. The Hall–Kier alpha value is -0.860. The van der Waals surface area contributed by atoms with Crippen molar-refractivity contribution in [1.82, 2.24) is 10.2 Å². The van der Waals surface area contributed by atoms with Crippen molar-refractivity contribution in [3.05, 3.63) is 35.9 Å². The molecule has 0 aliphatic carbocycles. The average Bonchev–Trinajstić information content (AvgIpc) is 2.53. The van der Waals surface area contributed by atoms with Gasteiger partial charge >= 0.3 is 0 Å². The summed E-state index contributed by atoms with van der Waals surface area (Å²) in [5.74, 6) is 0. The minimum absolute atomic E-state index is 0.597. The molecule has 0 saturated carbocycles. The van der Waals surface area contributed by atoms with Crippen LogP contribution in [-0.2, 0) is 6.42 Å². The summed E-state index contributed by atoms with van der Waals surface area (Å²) in [4.78, 5) is 2.76. The molecule has 1 N–H and O–H groups in total. The van der Waals surface area contributed by atoms with Crippen LogP contribution in [-0.4, -0.2) is 36.1 Å². The van der Waals surface area contributed by atoms with Gasteiger partial charge in [-0.15, -0.1) is 0 Å². The van der Waals surface area contributed by atoms with Crippen molar-refractivity contribution in [2.75, 3.05) is 13.1 Å². The highest BCUT2D eigenvalue weighted by Crippen LogP contribution is 2.19. The Bertz CT molecular complexity index is 390. The molecule has 1 saturated heterocycles. The maximum Gasteiger partial charge on any atom is 0.0236 e. The summed E-state index contributed by atoms with van der Waals surface area (Å²) in [5.41, 5.74) is 1.45. The standard InChI is InChI=1S/C19H32N2/c1-4-6-10-16(3)21-15-18(20-14-19(21)5-2)13-17-11-8-7-9-12-17/h7-9,11-12,16,18-20H,4-6,10,13-15H2,1-3H3. The number of hydrogen-bond donors (Lipinski definition) is 1. The fourth-order valence-corrected chi connectivity index (χ4v) is 3.51. The Kier molecular flexibility index (Phi) is 6.72. The number of unbranched alkanes of at least 4 members (excludes halogenated alkanes) is 1. The highest BCUT2D eigenvalue weighted by molar-refractivity contribution is 5.16. The molecule has 1 aliphatic rings. The molecule has 1 aromatic rings. The first-order chi connectivity index (χ1) is 10.2. The van der Waals surface area contributed by atoms with Crippen LogP contribution in [0.25, 0.3) is 0 Å². The van der Waals surface area contributed by atoms with E-state index in [1.165, 1.54) is 37.8 Å². The maximum absolute atomic E-state index is 3.77. The van der Waals surface area contributed by atoms with Gasteiger partial charge in [0.25, 0.3) is 0 Å². The molecule has 0 spiro atoms. The van der Waals surface area contributed by atoms with Gasteiger partial charge in [0.05, 0.1) is 0 Å². The van der Waals surface area contributed by atoms with Crippen molar-refractivity contribution < 1.29 is 0 Å². The summed E-state index contributed by atoms with van der Waals surface area (Å²) in [7, 11) is 0. The van der Waals surface area contributed by atoms with Crippen molar-refractivity contribution in [3.8, 4) is 0 Å². The third-order valence-electron chi connectivity index (χ3n) is 4.88. The largest absolute Gasteiger partial charge is 0.311 e. The van der Waals surface area contributed by atoms with Gasteiger partial charge in [-0.25, -0.2) is 0 Å². The van der Waals surface area contributed by atoms with Gasteiger partial charge in [0.1, 0.15) is 0 Å². The summed E-state index contributed by atoms with van der Waals surface area (Å²) in [5, 5.41) is 3.77. The van der Waals surface area contributed by atoms with E-state index in [2.05, 4.69) is 61.3 Å². The lowest BCUT2D eigenvalue weighted by molar-refractivity contribution is 0.0810. The van der Waals surface area contributed by atoms with Gasteiger partial charge in [-0.2, -0.15) is 0 Å². The van der Waals surface area contributed by atoms with Gasteiger partial charge in [-0.05, 0) is 31.7 Å². The van der Waals surface area contributed by atoms with E-state index in [1.807, 2.05) is 0 Å². The lowest BCUT2D eigenvalue weighted by Crippen LogP contribution is -2.59. The summed E-state index contributed by atoms with van der Waals surface area (Å²) in [6, 6.07) is 12.9. The highest BCUT2D eigenvalue weighted by Gasteiger charge is 2.29. The molecule has 2 rings (SSSR count). The van der Waals surface area contributed by atoms with Gasteiger partial charge in [-0.1, -0.05) is 57.0 Å². The molecule has 1 aromatic carbocycles. The van der Waals surface area contributed by atoms with E-state index in [0.717, 1.165) is 19.0 Å². The molecule has 3 unspecified atom stereocenters. The number of rotatable bonds is 7. The van der Waals surface area contributed by atoms with Crippen LogP contribution < -0.4 is 5.32 Å². The zero-order valence-corrected chi connectivity index (χ0v) is 14.0. The third kappa shape index (κ3) is 4.82. The van der Waals surface area contributed by atoms with E-state index in [0.29, 0.717) is 12.1 Å². The summed E-state index contributed by atoms with van der Waals surface area (Å²) >= 11 is 0. The van der Waals surface area contributed by atoms with Crippen LogP contribution in [0.3, 0.4) is 0 Å².